The summed E-state index contributed by atoms with van der Waals surface area (Å²) in [6.07, 6.45) is 0. The van der Waals surface area contributed by atoms with Gasteiger partial charge in [0.25, 0.3) is 11.6 Å². The molecular weight excluding hydrogens is 372 g/mol. The number of benzene rings is 3. The summed E-state index contributed by atoms with van der Waals surface area (Å²) in [5.74, 6) is -0.973. The lowest BCUT2D eigenvalue weighted by atomic mass is 10.2. The number of nitrogens with one attached hydrogen (secondary N) is 3. The standard InChI is InChI=1S/C21H18N4O4/c26-20(14-22-21(27)15-5-4-8-19(13-15)25(28)29)24-18-11-9-17(10-12-18)23-16-6-2-1-3-7-16/h1-13,23H,14H2,(H,22,27)(H,24,26). The van der Waals surface area contributed by atoms with Crippen LogP contribution in [0.3, 0.4) is 0 Å². The van der Waals surface area contributed by atoms with Crippen LogP contribution >= 0.6 is 0 Å². The average molecular weight is 390 g/mol. The molecule has 3 aromatic rings. The van der Waals surface area contributed by atoms with Crippen molar-refractivity contribution in [2.45, 2.75) is 0 Å². The molecule has 0 radical (unpaired) electrons. The van der Waals surface area contributed by atoms with E-state index in [-0.39, 0.29) is 17.8 Å². The van der Waals surface area contributed by atoms with Crippen LogP contribution in [0.2, 0.25) is 0 Å². The van der Waals surface area contributed by atoms with E-state index in [1.165, 1.54) is 18.2 Å². The maximum absolute atomic E-state index is 12.1. The molecule has 8 heteroatoms. The van der Waals surface area contributed by atoms with Gasteiger partial charge in [0.2, 0.25) is 5.91 Å². The number of nitro benzene ring substituents is 1. The molecule has 0 aromatic heterocycles. The zero-order valence-electron chi connectivity index (χ0n) is 15.3. The van der Waals surface area contributed by atoms with E-state index in [9.17, 15) is 19.7 Å². The third-order valence-corrected chi connectivity index (χ3v) is 3.96. The number of nitrogens with zero attached hydrogens (tertiary/aromatic N) is 1. The molecule has 0 aliphatic heterocycles. The van der Waals surface area contributed by atoms with Crippen LogP contribution in [-0.2, 0) is 4.79 Å². The fourth-order valence-corrected chi connectivity index (χ4v) is 2.55. The average Bonchev–Trinajstić information content (AvgIpc) is 2.74. The molecule has 2 amide bonds. The summed E-state index contributed by atoms with van der Waals surface area (Å²) >= 11 is 0. The van der Waals surface area contributed by atoms with Gasteiger partial charge in [-0.3, -0.25) is 19.7 Å². The van der Waals surface area contributed by atoms with E-state index in [1.807, 2.05) is 42.5 Å². The lowest BCUT2D eigenvalue weighted by Gasteiger charge is -2.09. The summed E-state index contributed by atoms with van der Waals surface area (Å²) in [4.78, 5) is 34.3. The molecule has 3 N–H and O–H groups in total. The third-order valence-electron chi connectivity index (χ3n) is 3.96. The number of hydrogen-bond acceptors (Lipinski definition) is 5. The second-order valence-electron chi connectivity index (χ2n) is 6.11. The first-order valence-corrected chi connectivity index (χ1v) is 8.76. The summed E-state index contributed by atoms with van der Waals surface area (Å²) in [7, 11) is 0. The van der Waals surface area contributed by atoms with Crippen LogP contribution in [0.25, 0.3) is 0 Å². The highest BCUT2D eigenvalue weighted by atomic mass is 16.6. The Morgan fingerprint density at radius 3 is 2.17 bits per heavy atom. The fourth-order valence-electron chi connectivity index (χ4n) is 2.55. The highest BCUT2D eigenvalue weighted by Gasteiger charge is 2.12. The van der Waals surface area contributed by atoms with Crippen molar-refractivity contribution in [3.8, 4) is 0 Å². The Balaban J connectivity index is 1.51. The van der Waals surface area contributed by atoms with E-state index in [0.717, 1.165) is 17.4 Å². The Morgan fingerprint density at radius 1 is 0.828 bits per heavy atom. The van der Waals surface area contributed by atoms with Gasteiger partial charge in [0.05, 0.1) is 11.5 Å². The van der Waals surface area contributed by atoms with Crippen molar-refractivity contribution in [2.24, 2.45) is 0 Å². The second-order valence-corrected chi connectivity index (χ2v) is 6.11. The fraction of sp³-hybridized carbons (Fsp3) is 0.0476. The molecule has 0 bridgehead atoms. The molecule has 146 valence electrons. The van der Waals surface area contributed by atoms with Crippen LogP contribution in [0.5, 0.6) is 0 Å². The van der Waals surface area contributed by atoms with Crippen LogP contribution in [0.1, 0.15) is 10.4 Å². The summed E-state index contributed by atoms with van der Waals surface area (Å²) < 4.78 is 0. The van der Waals surface area contributed by atoms with Crippen molar-refractivity contribution in [1.82, 2.24) is 5.32 Å². The van der Waals surface area contributed by atoms with E-state index in [1.54, 1.807) is 12.1 Å². The van der Waals surface area contributed by atoms with Crippen LogP contribution in [0.15, 0.2) is 78.9 Å². The van der Waals surface area contributed by atoms with Gasteiger partial charge >= 0.3 is 0 Å². The van der Waals surface area contributed by atoms with Gasteiger partial charge in [-0.2, -0.15) is 0 Å². The Morgan fingerprint density at radius 2 is 1.48 bits per heavy atom. The summed E-state index contributed by atoms with van der Waals surface area (Å²) in [6.45, 7) is -0.258. The topological polar surface area (TPSA) is 113 Å². The number of para-hydroxylation sites is 1. The second kappa shape index (κ2) is 9.14. The van der Waals surface area contributed by atoms with Gasteiger partial charge in [-0.25, -0.2) is 0 Å². The van der Waals surface area contributed by atoms with E-state index in [2.05, 4.69) is 16.0 Å². The minimum Gasteiger partial charge on any atom is -0.356 e. The molecular formula is C21H18N4O4. The molecule has 0 heterocycles. The van der Waals surface area contributed by atoms with Crippen LogP contribution < -0.4 is 16.0 Å². The van der Waals surface area contributed by atoms with Crippen LogP contribution in [0, 0.1) is 10.1 Å². The molecule has 29 heavy (non-hydrogen) atoms. The van der Waals surface area contributed by atoms with Crippen LogP contribution in [0.4, 0.5) is 22.7 Å². The number of carbonyl (C=O) groups excluding carboxylic acids is 2. The molecule has 0 saturated heterocycles. The lowest BCUT2D eigenvalue weighted by Crippen LogP contribution is -2.32. The Bertz CT molecular complexity index is 1020. The summed E-state index contributed by atoms with van der Waals surface area (Å²) in [5, 5.41) is 19.1. The number of amides is 2. The zero-order chi connectivity index (χ0) is 20.6. The first-order valence-electron chi connectivity index (χ1n) is 8.76. The van der Waals surface area contributed by atoms with Crippen molar-refractivity contribution in [3.63, 3.8) is 0 Å². The third kappa shape index (κ3) is 5.64. The minimum atomic E-state index is -0.584. The Labute approximate surface area is 166 Å². The maximum Gasteiger partial charge on any atom is 0.270 e. The first-order chi connectivity index (χ1) is 14.0. The molecule has 3 aromatic carbocycles. The van der Waals surface area contributed by atoms with Gasteiger partial charge in [-0.15, -0.1) is 0 Å². The van der Waals surface area contributed by atoms with Crippen molar-refractivity contribution < 1.29 is 14.5 Å². The van der Waals surface area contributed by atoms with Gasteiger partial charge in [0.1, 0.15) is 0 Å². The van der Waals surface area contributed by atoms with Gasteiger partial charge < -0.3 is 16.0 Å². The van der Waals surface area contributed by atoms with Gasteiger partial charge in [-0.1, -0.05) is 24.3 Å². The molecule has 0 saturated carbocycles. The van der Waals surface area contributed by atoms with Gasteiger partial charge in [0.15, 0.2) is 0 Å². The monoisotopic (exact) mass is 390 g/mol. The smallest absolute Gasteiger partial charge is 0.270 e. The molecule has 3 rings (SSSR count). The number of non-ortho nitro benzene ring substituents is 1. The highest BCUT2D eigenvalue weighted by molar-refractivity contribution is 5.99. The molecule has 8 nitrogen and oxygen atoms in total. The first kappa shape index (κ1) is 19.6. The SMILES string of the molecule is O=C(CNC(=O)c1cccc([N+](=O)[O-])c1)Nc1ccc(Nc2ccccc2)cc1. The van der Waals surface area contributed by atoms with E-state index < -0.39 is 16.7 Å². The minimum absolute atomic E-state index is 0.114. The predicted molar refractivity (Wildman–Crippen MR) is 110 cm³/mol. The van der Waals surface area contributed by atoms with Crippen molar-refractivity contribution in [3.05, 3.63) is 94.5 Å². The summed E-state index contributed by atoms with van der Waals surface area (Å²) in [6, 6.07) is 22.1. The number of nitro groups is 1. The van der Waals surface area contributed by atoms with E-state index >= 15 is 0 Å². The Hall–Kier alpha value is -4.20. The lowest BCUT2D eigenvalue weighted by molar-refractivity contribution is -0.384. The Kier molecular flexibility index (Phi) is 6.16. The number of rotatable bonds is 7. The van der Waals surface area contributed by atoms with Crippen LogP contribution in [-0.4, -0.2) is 23.3 Å². The number of anilines is 3. The molecule has 0 spiro atoms. The van der Waals surface area contributed by atoms with Gasteiger partial charge in [0, 0.05) is 34.8 Å². The maximum atomic E-state index is 12.1. The van der Waals surface area contributed by atoms with Gasteiger partial charge in [-0.05, 0) is 42.5 Å². The summed E-state index contributed by atoms with van der Waals surface area (Å²) in [5.41, 5.74) is 2.33. The number of hydrogen-bond donors (Lipinski definition) is 3. The van der Waals surface area contributed by atoms with E-state index in [4.69, 9.17) is 0 Å². The largest absolute Gasteiger partial charge is 0.356 e. The quantitative estimate of drug-likeness (QED) is 0.420. The molecule has 0 fully saturated rings. The zero-order valence-corrected chi connectivity index (χ0v) is 15.3. The predicted octanol–water partition coefficient (Wildman–Crippen LogP) is 3.71. The number of carbonyl (C=O) groups is 2. The molecule has 0 unspecified atom stereocenters. The van der Waals surface area contributed by atoms with E-state index in [0.29, 0.717) is 5.69 Å². The molecule has 0 aliphatic carbocycles. The molecule has 0 aliphatic rings. The van der Waals surface area contributed by atoms with Crippen molar-refractivity contribution >= 4 is 34.6 Å². The normalized spacial score (nSPS) is 10.1. The molecule has 0 atom stereocenters. The van der Waals surface area contributed by atoms with Crippen molar-refractivity contribution in [1.29, 1.82) is 0 Å². The highest BCUT2D eigenvalue weighted by Crippen LogP contribution is 2.18. The van der Waals surface area contributed by atoms with Crippen molar-refractivity contribution in [2.75, 3.05) is 17.2 Å².